The van der Waals surface area contributed by atoms with Crippen molar-refractivity contribution in [2.24, 2.45) is 0 Å². The zero-order valence-electron chi connectivity index (χ0n) is 14.0. The minimum atomic E-state index is -1.11. The number of carbonyl (C=O) groups is 1. The molecule has 1 unspecified atom stereocenters. The molecule has 0 heterocycles. The van der Waals surface area contributed by atoms with Gasteiger partial charge in [-0.2, -0.15) is 0 Å². The zero-order valence-corrected chi connectivity index (χ0v) is 14.0. The average molecular weight is 345 g/mol. The highest BCUT2D eigenvalue weighted by molar-refractivity contribution is 5.77. The summed E-state index contributed by atoms with van der Waals surface area (Å²) in [5.41, 5.74) is 3.59. The fraction of sp³-hybridized carbons (Fsp3) is 0.0909. The SMILES string of the molecule is O=[C]OC(C(=O)OCc1ccc(-c2ccccc2)cc1)c1ccccc1. The molecule has 4 nitrogen and oxygen atoms in total. The number of rotatable bonds is 7. The summed E-state index contributed by atoms with van der Waals surface area (Å²) in [6, 6.07) is 26.5. The van der Waals surface area contributed by atoms with Crippen LogP contribution in [0.4, 0.5) is 0 Å². The number of carbonyl (C=O) groups excluding carboxylic acids is 2. The smallest absolute Gasteiger partial charge is 0.418 e. The molecular weight excluding hydrogens is 328 g/mol. The third-order valence-corrected chi connectivity index (χ3v) is 3.92. The van der Waals surface area contributed by atoms with Crippen molar-refractivity contribution in [1.29, 1.82) is 0 Å². The lowest BCUT2D eigenvalue weighted by atomic mass is 10.0. The van der Waals surface area contributed by atoms with Crippen LogP contribution in [0.25, 0.3) is 11.1 Å². The van der Waals surface area contributed by atoms with Gasteiger partial charge in [0, 0.05) is 5.56 Å². The van der Waals surface area contributed by atoms with Crippen molar-refractivity contribution in [3.05, 3.63) is 96.1 Å². The Bertz CT molecular complexity index is 842. The zero-order chi connectivity index (χ0) is 18.2. The van der Waals surface area contributed by atoms with Crippen LogP contribution in [0.3, 0.4) is 0 Å². The molecular formula is C22H17O4. The van der Waals surface area contributed by atoms with Crippen molar-refractivity contribution < 1.29 is 19.1 Å². The molecule has 0 aliphatic rings. The van der Waals surface area contributed by atoms with E-state index in [1.165, 1.54) is 6.47 Å². The second kappa shape index (κ2) is 8.62. The van der Waals surface area contributed by atoms with Crippen LogP contribution < -0.4 is 0 Å². The van der Waals surface area contributed by atoms with E-state index in [9.17, 15) is 9.59 Å². The number of hydrogen-bond donors (Lipinski definition) is 0. The lowest BCUT2D eigenvalue weighted by Gasteiger charge is -2.14. The van der Waals surface area contributed by atoms with Gasteiger partial charge in [-0.05, 0) is 16.7 Å². The van der Waals surface area contributed by atoms with Gasteiger partial charge >= 0.3 is 12.4 Å². The fourth-order valence-electron chi connectivity index (χ4n) is 2.58. The Morgan fingerprint density at radius 3 is 2.00 bits per heavy atom. The Morgan fingerprint density at radius 2 is 1.38 bits per heavy atom. The summed E-state index contributed by atoms with van der Waals surface area (Å²) in [4.78, 5) is 22.9. The predicted octanol–water partition coefficient (Wildman–Crippen LogP) is 4.22. The van der Waals surface area contributed by atoms with Gasteiger partial charge in [0.2, 0.25) is 6.10 Å². The topological polar surface area (TPSA) is 52.6 Å². The van der Waals surface area contributed by atoms with Crippen LogP contribution in [-0.4, -0.2) is 12.4 Å². The third-order valence-electron chi connectivity index (χ3n) is 3.92. The van der Waals surface area contributed by atoms with E-state index in [0.717, 1.165) is 16.7 Å². The molecule has 0 saturated heterocycles. The Balaban J connectivity index is 1.64. The Morgan fingerprint density at radius 1 is 0.808 bits per heavy atom. The molecule has 0 fully saturated rings. The van der Waals surface area contributed by atoms with E-state index in [1.54, 1.807) is 24.3 Å². The van der Waals surface area contributed by atoms with Gasteiger partial charge in [-0.1, -0.05) is 84.9 Å². The van der Waals surface area contributed by atoms with Gasteiger partial charge in [-0.25, -0.2) is 9.59 Å². The predicted molar refractivity (Wildman–Crippen MR) is 97.6 cm³/mol. The first-order valence-electron chi connectivity index (χ1n) is 8.16. The van der Waals surface area contributed by atoms with E-state index in [0.29, 0.717) is 5.56 Å². The molecule has 3 rings (SSSR count). The minimum absolute atomic E-state index is 0.0967. The summed E-state index contributed by atoms with van der Waals surface area (Å²) >= 11 is 0. The molecule has 0 aliphatic heterocycles. The molecule has 0 aromatic heterocycles. The lowest BCUT2D eigenvalue weighted by Crippen LogP contribution is -2.18. The quantitative estimate of drug-likeness (QED) is 0.602. The number of esters is 1. The summed E-state index contributed by atoms with van der Waals surface area (Å²) in [5, 5.41) is 0. The van der Waals surface area contributed by atoms with Crippen molar-refractivity contribution >= 4 is 12.4 Å². The maximum absolute atomic E-state index is 12.3. The highest BCUT2D eigenvalue weighted by Gasteiger charge is 2.24. The molecule has 0 bridgehead atoms. The molecule has 3 aromatic carbocycles. The van der Waals surface area contributed by atoms with Crippen molar-refractivity contribution in [2.45, 2.75) is 12.7 Å². The first-order valence-corrected chi connectivity index (χ1v) is 8.16. The maximum Gasteiger partial charge on any atom is 0.418 e. The minimum Gasteiger partial charge on any atom is -0.458 e. The van der Waals surface area contributed by atoms with Crippen LogP contribution in [0, 0.1) is 0 Å². The first-order chi connectivity index (χ1) is 12.8. The third kappa shape index (κ3) is 4.36. The van der Waals surface area contributed by atoms with Gasteiger partial charge in [0.1, 0.15) is 6.61 Å². The number of ether oxygens (including phenoxy) is 2. The van der Waals surface area contributed by atoms with E-state index in [2.05, 4.69) is 0 Å². The molecule has 129 valence electrons. The van der Waals surface area contributed by atoms with Crippen molar-refractivity contribution in [2.75, 3.05) is 0 Å². The molecule has 26 heavy (non-hydrogen) atoms. The fourth-order valence-corrected chi connectivity index (χ4v) is 2.58. The maximum atomic E-state index is 12.3. The van der Waals surface area contributed by atoms with E-state index < -0.39 is 12.1 Å². The highest BCUT2D eigenvalue weighted by Crippen LogP contribution is 2.21. The monoisotopic (exact) mass is 345 g/mol. The number of hydrogen-bond acceptors (Lipinski definition) is 4. The summed E-state index contributed by atoms with van der Waals surface area (Å²) in [5.74, 6) is -0.633. The van der Waals surface area contributed by atoms with E-state index in [4.69, 9.17) is 9.47 Å². The molecule has 0 spiro atoms. The second-order valence-electron chi connectivity index (χ2n) is 5.66. The van der Waals surface area contributed by atoms with Crippen LogP contribution in [0.5, 0.6) is 0 Å². The Labute approximate surface area is 152 Å². The van der Waals surface area contributed by atoms with Crippen LogP contribution >= 0.6 is 0 Å². The van der Waals surface area contributed by atoms with Gasteiger partial charge in [-0.3, -0.25) is 0 Å². The van der Waals surface area contributed by atoms with Crippen molar-refractivity contribution in [1.82, 2.24) is 0 Å². The standard InChI is InChI=1S/C22H17O4/c23-16-26-21(20-9-5-2-6-10-20)22(24)25-15-17-11-13-19(14-12-17)18-7-3-1-4-8-18/h1-14,21H,15H2. The first kappa shape index (κ1) is 17.4. The van der Waals surface area contributed by atoms with E-state index >= 15 is 0 Å². The van der Waals surface area contributed by atoms with Gasteiger partial charge < -0.3 is 9.47 Å². The molecule has 0 N–H and O–H groups in total. The molecule has 0 amide bonds. The van der Waals surface area contributed by atoms with Gasteiger partial charge in [0.25, 0.3) is 0 Å². The van der Waals surface area contributed by atoms with Crippen LogP contribution in [0.15, 0.2) is 84.9 Å². The summed E-state index contributed by atoms with van der Waals surface area (Å²) < 4.78 is 10.1. The largest absolute Gasteiger partial charge is 0.458 e. The van der Waals surface area contributed by atoms with Gasteiger partial charge in [0.05, 0.1) is 0 Å². The van der Waals surface area contributed by atoms with Crippen LogP contribution in [0.1, 0.15) is 17.2 Å². The Kier molecular flexibility index (Phi) is 5.78. The molecule has 1 atom stereocenters. The normalized spacial score (nSPS) is 11.4. The second-order valence-corrected chi connectivity index (χ2v) is 5.66. The average Bonchev–Trinajstić information content (AvgIpc) is 2.72. The van der Waals surface area contributed by atoms with Crippen molar-refractivity contribution in [3.63, 3.8) is 0 Å². The molecule has 3 aromatic rings. The number of benzene rings is 3. The van der Waals surface area contributed by atoms with Gasteiger partial charge in [-0.15, -0.1) is 0 Å². The summed E-state index contributed by atoms with van der Waals surface area (Å²) in [6.07, 6.45) is -1.11. The van der Waals surface area contributed by atoms with E-state index in [-0.39, 0.29) is 6.61 Å². The highest BCUT2D eigenvalue weighted by atomic mass is 16.6. The summed E-state index contributed by atoms with van der Waals surface area (Å²) in [6.45, 7) is 1.42. The molecule has 1 radical (unpaired) electrons. The van der Waals surface area contributed by atoms with E-state index in [1.807, 2.05) is 60.7 Å². The summed E-state index contributed by atoms with van der Waals surface area (Å²) in [7, 11) is 0. The van der Waals surface area contributed by atoms with Gasteiger partial charge in [0.15, 0.2) is 0 Å². The van der Waals surface area contributed by atoms with Crippen LogP contribution in [0.2, 0.25) is 0 Å². The Hall–Kier alpha value is -3.40. The molecule has 0 saturated carbocycles. The molecule has 4 heteroatoms. The lowest BCUT2D eigenvalue weighted by molar-refractivity contribution is -0.154. The van der Waals surface area contributed by atoms with Crippen molar-refractivity contribution in [3.8, 4) is 11.1 Å². The molecule has 0 aliphatic carbocycles. The van der Waals surface area contributed by atoms with Crippen LogP contribution in [-0.2, 0) is 25.7 Å².